The fourth-order valence-electron chi connectivity index (χ4n) is 11.8. The summed E-state index contributed by atoms with van der Waals surface area (Å²) in [6.45, 7) is 47.9. The van der Waals surface area contributed by atoms with Gasteiger partial charge in [0.15, 0.2) is 10.1 Å². The molecule has 3 aromatic rings. The Hall–Kier alpha value is -2.76. The molecular formula is C70H114O3S2. The number of phenols is 1. The van der Waals surface area contributed by atoms with Crippen molar-refractivity contribution in [2.45, 2.75) is 301 Å². The van der Waals surface area contributed by atoms with Crippen molar-refractivity contribution in [3.63, 3.8) is 0 Å². The largest absolute Gasteiger partial charge is 0.507 e. The summed E-state index contributed by atoms with van der Waals surface area (Å²) in [6.07, 6.45) is 24.7. The van der Waals surface area contributed by atoms with Gasteiger partial charge in [0.2, 0.25) is 0 Å². The number of ether oxygens (including phenoxy) is 2. The van der Waals surface area contributed by atoms with Crippen LogP contribution in [0.5, 0.6) is 17.2 Å². The minimum absolute atomic E-state index is 0.178. The van der Waals surface area contributed by atoms with E-state index in [4.69, 9.17) is 33.9 Å². The maximum Gasteiger partial charge on any atom is 0.170 e. The molecule has 0 bridgehead atoms. The van der Waals surface area contributed by atoms with Gasteiger partial charge in [-0.05, 0) is 149 Å². The maximum absolute atomic E-state index is 11.8. The summed E-state index contributed by atoms with van der Waals surface area (Å²) in [5, 5.41) is 13.2. The number of hydrogen-bond donors (Lipinski definition) is 1. The van der Waals surface area contributed by atoms with Crippen LogP contribution in [0.4, 0.5) is 0 Å². The van der Waals surface area contributed by atoms with Crippen LogP contribution in [0.25, 0.3) is 0 Å². The molecule has 0 radical (unpaired) electrons. The van der Waals surface area contributed by atoms with Crippen molar-refractivity contribution >= 4 is 34.5 Å². The Balaban J connectivity index is 2.23. The van der Waals surface area contributed by atoms with E-state index in [0.717, 1.165) is 48.3 Å². The number of aromatic hydroxyl groups is 1. The number of hydrogen-bond acceptors (Lipinski definition) is 5. The molecule has 1 N–H and O–H groups in total. The zero-order chi connectivity index (χ0) is 56.7. The number of thiocarbonyl (C=S) groups is 2. The fraction of sp³-hybridized carbons (Fsp3) is 0.714. The number of benzene rings is 3. The third-order valence-corrected chi connectivity index (χ3v) is 18.1. The van der Waals surface area contributed by atoms with Gasteiger partial charge in [-0.3, -0.25) is 0 Å². The molecule has 0 spiro atoms. The van der Waals surface area contributed by atoms with E-state index in [0.29, 0.717) is 27.7 Å². The van der Waals surface area contributed by atoms with Crippen molar-refractivity contribution in [1.82, 2.24) is 0 Å². The zero-order valence-corrected chi connectivity index (χ0v) is 54.1. The van der Waals surface area contributed by atoms with Crippen molar-refractivity contribution < 1.29 is 14.6 Å². The zero-order valence-electron chi connectivity index (χ0n) is 52.5. The molecule has 3 aromatic carbocycles. The highest BCUT2D eigenvalue weighted by Gasteiger charge is 2.38. The van der Waals surface area contributed by atoms with Crippen molar-refractivity contribution in [2.75, 3.05) is 0 Å². The molecule has 0 saturated heterocycles. The molecule has 0 aliphatic rings. The summed E-state index contributed by atoms with van der Waals surface area (Å²) >= 11 is 12.5. The second-order valence-electron chi connectivity index (χ2n) is 27.8. The van der Waals surface area contributed by atoms with E-state index >= 15 is 0 Å². The number of rotatable bonds is 29. The van der Waals surface area contributed by atoms with Gasteiger partial charge in [-0.25, -0.2) is 0 Å². The monoisotopic (exact) mass is 1070 g/mol. The topological polar surface area (TPSA) is 38.7 Å². The van der Waals surface area contributed by atoms with Crippen molar-refractivity contribution in [3.05, 3.63) is 86.5 Å². The van der Waals surface area contributed by atoms with Crippen LogP contribution < -0.4 is 9.47 Å². The molecule has 75 heavy (non-hydrogen) atoms. The van der Waals surface area contributed by atoms with E-state index in [2.05, 4.69) is 182 Å². The molecule has 4 unspecified atom stereocenters. The lowest BCUT2D eigenvalue weighted by Gasteiger charge is -2.38. The van der Waals surface area contributed by atoms with Gasteiger partial charge in [-0.15, -0.1) is 0 Å². The molecule has 0 aliphatic carbocycles. The predicted octanol–water partition coefficient (Wildman–Crippen LogP) is 22.2. The van der Waals surface area contributed by atoms with Crippen LogP contribution in [0, 0.1) is 37.5 Å². The summed E-state index contributed by atoms with van der Waals surface area (Å²) in [5.41, 5.74) is 9.26. The van der Waals surface area contributed by atoms with Gasteiger partial charge in [0.05, 0.1) is 0 Å². The van der Waals surface area contributed by atoms with Gasteiger partial charge in [0.25, 0.3) is 0 Å². The van der Waals surface area contributed by atoms with E-state index in [1.807, 2.05) is 0 Å². The Labute approximate surface area is 474 Å². The molecular weight excluding hydrogens is 953 g/mol. The summed E-state index contributed by atoms with van der Waals surface area (Å²) < 4.78 is 14.0. The van der Waals surface area contributed by atoms with Gasteiger partial charge in [-0.2, -0.15) is 0 Å². The Morgan fingerprint density at radius 1 is 0.453 bits per heavy atom. The second-order valence-corrected chi connectivity index (χ2v) is 28.6. The molecule has 0 aliphatic heterocycles. The number of aryl methyl sites for hydroxylation is 3. The molecule has 5 heteroatoms. The second kappa shape index (κ2) is 29.5. The highest BCUT2D eigenvalue weighted by atomic mass is 32.1. The van der Waals surface area contributed by atoms with Gasteiger partial charge in [0.1, 0.15) is 17.2 Å². The van der Waals surface area contributed by atoms with Crippen molar-refractivity contribution in [2.24, 2.45) is 23.7 Å². The summed E-state index contributed by atoms with van der Waals surface area (Å²) in [7, 11) is 0. The van der Waals surface area contributed by atoms with Crippen LogP contribution in [0.15, 0.2) is 36.4 Å². The van der Waals surface area contributed by atoms with Crippen molar-refractivity contribution in [1.29, 1.82) is 0 Å². The average molecular weight is 1070 g/mol. The Bertz CT molecular complexity index is 2110. The van der Waals surface area contributed by atoms with Crippen LogP contribution in [-0.4, -0.2) is 15.2 Å². The Morgan fingerprint density at radius 2 is 0.773 bits per heavy atom. The molecule has 0 fully saturated rings. The first-order valence-corrected chi connectivity index (χ1v) is 31.3. The Morgan fingerprint density at radius 3 is 1.08 bits per heavy atom. The summed E-state index contributed by atoms with van der Waals surface area (Å²) in [6, 6.07) is 14.1. The lowest BCUT2D eigenvalue weighted by atomic mass is 9.67. The Kier molecular flexibility index (Phi) is 26.1. The third kappa shape index (κ3) is 19.2. The van der Waals surface area contributed by atoms with Gasteiger partial charge >= 0.3 is 0 Å². The van der Waals surface area contributed by atoms with E-state index in [1.54, 1.807) is 0 Å². The first kappa shape index (κ1) is 66.5. The summed E-state index contributed by atoms with van der Waals surface area (Å²) in [4.78, 5) is 0. The molecule has 0 heterocycles. The van der Waals surface area contributed by atoms with Crippen LogP contribution in [-0.2, 0) is 33.5 Å². The van der Waals surface area contributed by atoms with Crippen LogP contribution in [0.1, 0.15) is 304 Å². The van der Waals surface area contributed by atoms with E-state index in [-0.39, 0.29) is 33.5 Å². The van der Waals surface area contributed by atoms with Crippen molar-refractivity contribution in [3.8, 4) is 17.2 Å². The first-order chi connectivity index (χ1) is 34.9. The minimum atomic E-state index is -0.442. The first-order valence-electron chi connectivity index (χ1n) is 30.5. The molecule has 424 valence electrons. The number of phenolic OH excluding ortho intramolecular Hbond substituents is 1. The van der Waals surface area contributed by atoms with Crippen LogP contribution in [0.2, 0.25) is 0 Å². The van der Waals surface area contributed by atoms with Crippen LogP contribution in [0.3, 0.4) is 0 Å². The molecule has 4 atom stereocenters. The fourth-order valence-corrected chi connectivity index (χ4v) is 12.4. The minimum Gasteiger partial charge on any atom is -0.507 e. The number of unbranched alkanes of at least 4 members (excludes halogenated alkanes) is 12. The average Bonchev–Trinajstić information content (AvgIpc) is 3.31. The van der Waals surface area contributed by atoms with E-state index in [1.165, 1.54) is 142 Å². The summed E-state index contributed by atoms with van der Waals surface area (Å²) in [5.74, 6) is 3.55. The molecule has 3 rings (SSSR count). The molecule has 0 saturated carbocycles. The highest BCUT2D eigenvalue weighted by molar-refractivity contribution is 7.80. The molecule has 3 nitrogen and oxygen atoms in total. The smallest absolute Gasteiger partial charge is 0.170 e. The highest BCUT2D eigenvalue weighted by Crippen LogP contribution is 2.48. The SMILES string of the molecule is CCCCCCCCCC(CC)C(C)C(=S)Oc1cc(C)c(C(C)(CCc2cc(C(C)(C)C)c(O)c(C(C)(C)C)c2)c2cc(C(C)(C)C)c(OC(=S)C(C)C(CC)CCCCCCCCC)cc2C)cc1C(C)(C)C. The lowest BCUT2D eigenvalue weighted by molar-refractivity contribution is 0.349. The lowest BCUT2D eigenvalue weighted by Crippen LogP contribution is -2.30. The normalized spacial score (nSPS) is 15.1. The predicted molar refractivity (Wildman–Crippen MR) is 338 cm³/mol. The van der Waals surface area contributed by atoms with E-state index in [9.17, 15) is 5.11 Å². The van der Waals surface area contributed by atoms with Crippen LogP contribution >= 0.6 is 24.4 Å². The standard InChI is InChI=1S/C70H114O3S2/c1-22-26-28-30-32-34-36-38-53(24-3)50(7)64(74)72-61-42-48(5)55(46-57(61)66(9,10)11)70(21,41-40-52-44-59(68(15,16)17)63(71)60(45-52)69(18,19)20)56-47-58(67(12,13)14)62(43-49(56)6)73-65(75)51(8)54(25-4)39-37-35-33-31-29-27-23-2/h42-47,50-51,53-54,71H,22-41H2,1-21H3. The molecule has 0 amide bonds. The maximum atomic E-state index is 11.8. The quantitative estimate of drug-likeness (QED) is 0.0554. The van der Waals surface area contributed by atoms with Gasteiger partial charge in [-0.1, -0.05) is 259 Å². The van der Waals surface area contributed by atoms with Gasteiger partial charge < -0.3 is 14.6 Å². The molecule has 0 aromatic heterocycles. The van der Waals surface area contributed by atoms with Gasteiger partial charge in [0, 0.05) is 28.4 Å². The van der Waals surface area contributed by atoms with E-state index < -0.39 is 5.41 Å². The third-order valence-electron chi connectivity index (χ3n) is 17.1.